The van der Waals surface area contributed by atoms with Gasteiger partial charge in [-0.2, -0.15) is 0 Å². The van der Waals surface area contributed by atoms with Crippen molar-refractivity contribution in [3.05, 3.63) is 93.6 Å². The quantitative estimate of drug-likeness (QED) is 0.546. The molecule has 1 amide bonds. The third-order valence-corrected chi connectivity index (χ3v) is 4.15. The van der Waals surface area contributed by atoms with Crippen LogP contribution in [-0.2, 0) is 13.1 Å². The van der Waals surface area contributed by atoms with Crippen LogP contribution in [0.1, 0.15) is 27.0 Å². The molecule has 0 aliphatic rings. The van der Waals surface area contributed by atoms with Crippen LogP contribution in [0.25, 0.3) is 0 Å². The average molecular weight is 350 g/mol. The van der Waals surface area contributed by atoms with Crippen LogP contribution in [0.15, 0.2) is 61.2 Å². The summed E-state index contributed by atoms with van der Waals surface area (Å²) in [6, 6.07) is 12.4. The third kappa shape index (κ3) is 3.94. The van der Waals surface area contributed by atoms with E-state index in [-0.39, 0.29) is 11.6 Å². The van der Waals surface area contributed by atoms with Crippen molar-refractivity contribution in [3.63, 3.8) is 0 Å². The Hall–Kier alpha value is -3.48. The van der Waals surface area contributed by atoms with Gasteiger partial charge in [-0.05, 0) is 24.1 Å². The largest absolute Gasteiger partial charge is 0.348 e. The van der Waals surface area contributed by atoms with E-state index in [0.29, 0.717) is 17.7 Å². The monoisotopic (exact) mass is 350 g/mol. The molecule has 0 unspecified atom stereocenters. The van der Waals surface area contributed by atoms with Gasteiger partial charge < -0.3 is 9.88 Å². The molecule has 7 nitrogen and oxygen atoms in total. The van der Waals surface area contributed by atoms with E-state index in [2.05, 4.69) is 10.3 Å². The lowest BCUT2D eigenvalue weighted by Crippen LogP contribution is -2.23. The first-order valence-corrected chi connectivity index (χ1v) is 8.10. The molecule has 0 fully saturated rings. The molecule has 0 aliphatic carbocycles. The zero-order valence-corrected chi connectivity index (χ0v) is 14.3. The van der Waals surface area contributed by atoms with Crippen LogP contribution in [0.3, 0.4) is 0 Å². The normalized spacial score (nSPS) is 10.5. The molecule has 0 atom stereocenters. The maximum Gasteiger partial charge on any atom is 0.273 e. The van der Waals surface area contributed by atoms with Crippen molar-refractivity contribution < 1.29 is 9.72 Å². The summed E-state index contributed by atoms with van der Waals surface area (Å²) in [6.07, 6.45) is 5.39. The van der Waals surface area contributed by atoms with Crippen LogP contribution < -0.4 is 5.32 Å². The molecule has 7 heteroatoms. The summed E-state index contributed by atoms with van der Waals surface area (Å²) < 4.78 is 1.97. The lowest BCUT2D eigenvalue weighted by molar-refractivity contribution is -0.385. The van der Waals surface area contributed by atoms with E-state index in [0.717, 1.165) is 17.7 Å². The molecule has 0 spiro atoms. The number of amides is 1. The van der Waals surface area contributed by atoms with Gasteiger partial charge in [0.2, 0.25) is 0 Å². The van der Waals surface area contributed by atoms with Gasteiger partial charge in [-0.1, -0.05) is 30.3 Å². The van der Waals surface area contributed by atoms with Crippen molar-refractivity contribution in [1.82, 2.24) is 14.9 Å². The summed E-state index contributed by atoms with van der Waals surface area (Å²) in [5, 5.41) is 13.8. The SMILES string of the molecule is Cc1c(C(=O)NCc2ccc(Cn3ccnc3)cc2)cccc1[N+](=O)[O-]. The first-order chi connectivity index (χ1) is 12.5. The van der Waals surface area contributed by atoms with Gasteiger partial charge in [0.25, 0.3) is 11.6 Å². The fraction of sp³-hybridized carbons (Fsp3) is 0.158. The lowest BCUT2D eigenvalue weighted by atomic mass is 10.1. The summed E-state index contributed by atoms with van der Waals surface area (Å²) >= 11 is 0. The predicted octanol–water partition coefficient (Wildman–Crippen LogP) is 3.08. The van der Waals surface area contributed by atoms with Crippen molar-refractivity contribution >= 4 is 11.6 Å². The van der Waals surface area contributed by atoms with Gasteiger partial charge in [-0.15, -0.1) is 0 Å². The summed E-state index contributed by atoms with van der Waals surface area (Å²) in [7, 11) is 0. The summed E-state index contributed by atoms with van der Waals surface area (Å²) in [5.41, 5.74) is 2.71. The zero-order valence-electron chi connectivity index (χ0n) is 14.3. The molecule has 1 heterocycles. The Labute approximate surface area is 150 Å². The summed E-state index contributed by atoms with van der Waals surface area (Å²) in [6.45, 7) is 2.67. The van der Waals surface area contributed by atoms with Crippen LogP contribution >= 0.6 is 0 Å². The average Bonchev–Trinajstić information content (AvgIpc) is 3.14. The summed E-state index contributed by atoms with van der Waals surface area (Å²) in [4.78, 5) is 26.9. The number of hydrogen-bond acceptors (Lipinski definition) is 4. The van der Waals surface area contributed by atoms with Crippen molar-refractivity contribution in [2.45, 2.75) is 20.0 Å². The highest BCUT2D eigenvalue weighted by Gasteiger charge is 2.17. The second-order valence-electron chi connectivity index (χ2n) is 5.94. The minimum atomic E-state index is -0.481. The van der Waals surface area contributed by atoms with Crippen molar-refractivity contribution in [2.24, 2.45) is 0 Å². The van der Waals surface area contributed by atoms with Crippen LogP contribution in [-0.4, -0.2) is 20.4 Å². The summed E-state index contributed by atoms with van der Waals surface area (Å²) in [5.74, 6) is -0.325. The van der Waals surface area contributed by atoms with E-state index in [4.69, 9.17) is 0 Å². The van der Waals surface area contributed by atoms with E-state index in [1.807, 2.05) is 35.0 Å². The highest BCUT2D eigenvalue weighted by molar-refractivity contribution is 5.96. The number of nitrogens with zero attached hydrogens (tertiary/aromatic N) is 3. The number of imidazole rings is 1. The van der Waals surface area contributed by atoms with E-state index in [1.54, 1.807) is 25.5 Å². The number of rotatable bonds is 6. The third-order valence-electron chi connectivity index (χ3n) is 4.15. The Morgan fingerprint density at radius 1 is 1.19 bits per heavy atom. The van der Waals surface area contributed by atoms with E-state index in [1.165, 1.54) is 12.1 Å². The molecule has 0 radical (unpaired) electrons. The van der Waals surface area contributed by atoms with Gasteiger partial charge >= 0.3 is 0 Å². The standard InChI is InChI=1S/C19H18N4O3/c1-14-17(3-2-4-18(14)23(25)26)19(24)21-11-15-5-7-16(8-6-15)12-22-10-9-20-13-22/h2-10,13H,11-12H2,1H3,(H,21,24). The molecule has 2 aromatic carbocycles. The van der Waals surface area contributed by atoms with Gasteiger partial charge in [-0.25, -0.2) is 4.98 Å². The van der Waals surface area contributed by atoms with Gasteiger partial charge in [-0.3, -0.25) is 14.9 Å². The zero-order chi connectivity index (χ0) is 18.5. The number of benzene rings is 2. The number of nitro benzene ring substituents is 1. The van der Waals surface area contributed by atoms with Crippen molar-refractivity contribution in [3.8, 4) is 0 Å². The highest BCUT2D eigenvalue weighted by atomic mass is 16.6. The molecule has 0 aliphatic heterocycles. The Kier molecular flexibility index (Phi) is 5.07. The molecule has 0 saturated heterocycles. The number of nitrogens with one attached hydrogen (secondary N) is 1. The number of nitro groups is 1. The van der Waals surface area contributed by atoms with Crippen LogP contribution in [0.5, 0.6) is 0 Å². The van der Waals surface area contributed by atoms with E-state index >= 15 is 0 Å². The molecule has 0 saturated carbocycles. The van der Waals surface area contributed by atoms with E-state index in [9.17, 15) is 14.9 Å². The molecule has 3 aromatic rings. The fourth-order valence-corrected chi connectivity index (χ4v) is 2.70. The number of carbonyl (C=O) groups is 1. The van der Waals surface area contributed by atoms with E-state index < -0.39 is 4.92 Å². The molecule has 132 valence electrons. The van der Waals surface area contributed by atoms with Crippen molar-refractivity contribution in [1.29, 1.82) is 0 Å². The second kappa shape index (κ2) is 7.60. The van der Waals surface area contributed by atoms with Crippen molar-refractivity contribution in [2.75, 3.05) is 0 Å². The fourth-order valence-electron chi connectivity index (χ4n) is 2.70. The molecular weight excluding hydrogens is 332 g/mol. The van der Waals surface area contributed by atoms with Crippen LogP contribution in [0.2, 0.25) is 0 Å². The second-order valence-corrected chi connectivity index (χ2v) is 5.94. The van der Waals surface area contributed by atoms with Crippen LogP contribution in [0, 0.1) is 17.0 Å². The lowest BCUT2D eigenvalue weighted by Gasteiger charge is -2.09. The predicted molar refractivity (Wildman–Crippen MR) is 96.8 cm³/mol. The maximum absolute atomic E-state index is 12.3. The molecule has 26 heavy (non-hydrogen) atoms. The van der Waals surface area contributed by atoms with Gasteiger partial charge in [0.15, 0.2) is 0 Å². The number of aromatic nitrogens is 2. The Morgan fingerprint density at radius 2 is 1.92 bits per heavy atom. The first kappa shape index (κ1) is 17.3. The molecule has 3 rings (SSSR count). The Bertz CT molecular complexity index is 918. The molecule has 1 N–H and O–H groups in total. The minimum Gasteiger partial charge on any atom is -0.348 e. The minimum absolute atomic E-state index is 0.0542. The Balaban J connectivity index is 1.63. The molecular formula is C19H18N4O3. The first-order valence-electron chi connectivity index (χ1n) is 8.10. The Morgan fingerprint density at radius 3 is 2.58 bits per heavy atom. The topological polar surface area (TPSA) is 90.1 Å². The molecule has 0 bridgehead atoms. The van der Waals surface area contributed by atoms with Gasteiger partial charge in [0, 0.05) is 42.7 Å². The maximum atomic E-state index is 12.3. The van der Waals surface area contributed by atoms with Gasteiger partial charge in [0.1, 0.15) is 0 Å². The number of carbonyl (C=O) groups excluding carboxylic acids is 1. The number of hydrogen-bond donors (Lipinski definition) is 1. The van der Waals surface area contributed by atoms with Gasteiger partial charge in [0.05, 0.1) is 11.3 Å². The smallest absolute Gasteiger partial charge is 0.273 e. The highest BCUT2D eigenvalue weighted by Crippen LogP contribution is 2.21. The molecule has 1 aromatic heterocycles. The van der Waals surface area contributed by atoms with Crippen LogP contribution in [0.4, 0.5) is 5.69 Å².